The Balaban J connectivity index is 1.72. The molecule has 1 aromatic heterocycles. The van der Waals surface area contributed by atoms with Crippen LogP contribution in [0.15, 0.2) is 42.6 Å². The Morgan fingerprint density at radius 2 is 2.04 bits per heavy atom. The molecule has 4 nitrogen and oxygen atoms in total. The van der Waals surface area contributed by atoms with Crippen LogP contribution in [0.2, 0.25) is 5.02 Å². The number of carbonyl (C=O) groups is 1. The summed E-state index contributed by atoms with van der Waals surface area (Å²) < 4.78 is 0. The van der Waals surface area contributed by atoms with Crippen LogP contribution in [0.4, 0.5) is 0 Å². The van der Waals surface area contributed by atoms with Crippen molar-refractivity contribution in [1.82, 2.24) is 9.88 Å². The highest BCUT2D eigenvalue weighted by Crippen LogP contribution is 2.35. The standard InChI is InChI=1S/C20H19ClN2O2/c1-23-7-6-14(11-23)12-2-4-13(5-3-12)15-8-16-17(20(24)25)10-22-19(16)9-18(15)21/h2-5,8-10,14,22H,6-7,11H2,1H3,(H,24,25)/t14-/m1/s1. The Labute approximate surface area is 151 Å². The van der Waals surface area contributed by atoms with Crippen LogP contribution in [0.3, 0.4) is 0 Å². The topological polar surface area (TPSA) is 56.3 Å². The zero-order chi connectivity index (χ0) is 17.6. The fraction of sp³-hybridized carbons (Fsp3) is 0.250. The smallest absolute Gasteiger partial charge is 0.337 e. The Kier molecular flexibility index (Phi) is 4.02. The predicted molar refractivity (Wildman–Crippen MR) is 101 cm³/mol. The molecule has 4 rings (SSSR count). The van der Waals surface area contributed by atoms with E-state index < -0.39 is 5.97 Å². The second-order valence-corrected chi connectivity index (χ2v) is 7.16. The third-order valence-corrected chi connectivity index (χ3v) is 5.40. The number of nitrogens with one attached hydrogen (secondary N) is 1. The first-order valence-electron chi connectivity index (χ1n) is 8.35. The molecule has 0 saturated carbocycles. The molecular formula is C20H19ClN2O2. The van der Waals surface area contributed by atoms with E-state index in [-0.39, 0.29) is 5.56 Å². The average Bonchev–Trinajstić information content (AvgIpc) is 3.20. The van der Waals surface area contributed by atoms with Crippen molar-refractivity contribution in [3.05, 3.63) is 58.7 Å². The van der Waals surface area contributed by atoms with Crippen LogP contribution in [-0.2, 0) is 0 Å². The molecule has 1 saturated heterocycles. The van der Waals surface area contributed by atoms with Crippen LogP contribution in [0.25, 0.3) is 22.0 Å². The maximum atomic E-state index is 11.4. The maximum Gasteiger partial charge on any atom is 0.337 e. The number of hydrogen-bond donors (Lipinski definition) is 2. The highest BCUT2D eigenvalue weighted by atomic mass is 35.5. The normalized spacial score (nSPS) is 18.1. The largest absolute Gasteiger partial charge is 0.478 e. The predicted octanol–water partition coefficient (Wildman–Crippen LogP) is 4.61. The molecule has 0 amide bonds. The van der Waals surface area contributed by atoms with Crippen LogP contribution in [0.5, 0.6) is 0 Å². The minimum absolute atomic E-state index is 0.263. The summed E-state index contributed by atoms with van der Waals surface area (Å²) in [5.41, 5.74) is 4.19. The summed E-state index contributed by atoms with van der Waals surface area (Å²) in [6.45, 7) is 2.23. The first kappa shape index (κ1) is 16.2. The molecule has 2 aromatic carbocycles. The van der Waals surface area contributed by atoms with E-state index in [0.717, 1.165) is 29.7 Å². The molecule has 1 aliphatic rings. The molecule has 25 heavy (non-hydrogen) atoms. The fourth-order valence-corrected chi connectivity index (χ4v) is 3.96. The van der Waals surface area contributed by atoms with Crippen molar-refractivity contribution in [2.45, 2.75) is 12.3 Å². The van der Waals surface area contributed by atoms with E-state index in [0.29, 0.717) is 16.3 Å². The number of rotatable bonds is 3. The first-order chi connectivity index (χ1) is 12.0. The van der Waals surface area contributed by atoms with Crippen LogP contribution in [0.1, 0.15) is 28.3 Å². The lowest BCUT2D eigenvalue weighted by Gasteiger charge is -2.12. The second kappa shape index (κ2) is 6.21. The average molecular weight is 355 g/mol. The maximum absolute atomic E-state index is 11.4. The van der Waals surface area contributed by atoms with Gasteiger partial charge in [0.25, 0.3) is 0 Å². The molecule has 2 heterocycles. The molecule has 2 N–H and O–H groups in total. The number of hydrogen-bond acceptors (Lipinski definition) is 2. The molecule has 0 radical (unpaired) electrons. The molecule has 1 fully saturated rings. The van der Waals surface area contributed by atoms with Crippen molar-refractivity contribution in [3.8, 4) is 11.1 Å². The number of H-pyrrole nitrogens is 1. The van der Waals surface area contributed by atoms with Crippen molar-refractivity contribution in [1.29, 1.82) is 0 Å². The quantitative estimate of drug-likeness (QED) is 0.722. The molecule has 0 spiro atoms. The Morgan fingerprint density at radius 3 is 2.68 bits per heavy atom. The third kappa shape index (κ3) is 2.92. The second-order valence-electron chi connectivity index (χ2n) is 6.75. The van der Waals surface area contributed by atoms with Gasteiger partial charge in [-0.2, -0.15) is 0 Å². The molecule has 5 heteroatoms. The lowest BCUT2D eigenvalue weighted by Crippen LogP contribution is -2.13. The lowest BCUT2D eigenvalue weighted by molar-refractivity contribution is 0.0699. The van der Waals surface area contributed by atoms with E-state index in [1.54, 1.807) is 6.07 Å². The van der Waals surface area contributed by atoms with Crippen LogP contribution in [0, 0.1) is 0 Å². The fourth-order valence-electron chi connectivity index (χ4n) is 3.68. The van der Waals surface area contributed by atoms with Crippen molar-refractivity contribution < 1.29 is 9.90 Å². The summed E-state index contributed by atoms with van der Waals surface area (Å²) in [4.78, 5) is 16.7. The van der Waals surface area contributed by atoms with Crippen molar-refractivity contribution in [3.63, 3.8) is 0 Å². The number of halogens is 1. The van der Waals surface area contributed by atoms with Gasteiger partial charge in [-0.15, -0.1) is 0 Å². The van der Waals surface area contributed by atoms with Crippen LogP contribution >= 0.6 is 11.6 Å². The van der Waals surface area contributed by atoms with Crippen molar-refractivity contribution in [2.75, 3.05) is 20.1 Å². The molecular weight excluding hydrogens is 336 g/mol. The van der Waals surface area contributed by atoms with Gasteiger partial charge < -0.3 is 15.0 Å². The number of carboxylic acid groups (broad SMARTS) is 1. The summed E-state index contributed by atoms with van der Waals surface area (Å²) in [6.07, 6.45) is 2.70. The highest BCUT2D eigenvalue weighted by Gasteiger charge is 2.21. The Hall–Kier alpha value is -2.30. The number of aromatic amines is 1. The number of aromatic carboxylic acids is 1. The lowest BCUT2D eigenvalue weighted by atomic mass is 9.95. The minimum atomic E-state index is -0.944. The molecule has 0 bridgehead atoms. The molecule has 0 unspecified atom stereocenters. The summed E-state index contributed by atoms with van der Waals surface area (Å²) in [5, 5.41) is 10.6. The van der Waals surface area contributed by atoms with Crippen LogP contribution in [-0.4, -0.2) is 41.1 Å². The zero-order valence-corrected chi connectivity index (χ0v) is 14.7. The number of likely N-dealkylation sites (tertiary alicyclic amines) is 1. The van der Waals surface area contributed by atoms with Gasteiger partial charge in [0.05, 0.1) is 10.6 Å². The van der Waals surface area contributed by atoms with E-state index in [1.807, 2.05) is 6.07 Å². The first-order valence-corrected chi connectivity index (χ1v) is 8.73. The summed E-state index contributed by atoms with van der Waals surface area (Å²) in [5.74, 6) is -0.361. The molecule has 0 aliphatic carbocycles. The third-order valence-electron chi connectivity index (χ3n) is 5.08. The number of fused-ring (bicyclic) bond motifs is 1. The number of nitrogens with zero attached hydrogens (tertiary/aromatic N) is 1. The highest BCUT2D eigenvalue weighted by molar-refractivity contribution is 6.34. The van der Waals surface area contributed by atoms with Gasteiger partial charge in [-0.3, -0.25) is 0 Å². The number of benzene rings is 2. The minimum Gasteiger partial charge on any atom is -0.478 e. The van der Waals surface area contributed by atoms with Gasteiger partial charge in [-0.1, -0.05) is 35.9 Å². The summed E-state index contributed by atoms with van der Waals surface area (Å²) >= 11 is 6.44. The number of aromatic nitrogens is 1. The molecule has 1 atom stereocenters. The summed E-state index contributed by atoms with van der Waals surface area (Å²) in [6, 6.07) is 12.1. The van der Waals surface area contributed by atoms with E-state index in [2.05, 4.69) is 41.2 Å². The Bertz CT molecular complexity index is 946. The summed E-state index contributed by atoms with van der Waals surface area (Å²) in [7, 11) is 2.15. The SMILES string of the molecule is CN1CC[C@@H](c2ccc(-c3cc4c(C(=O)O)c[nH]c4cc3Cl)cc2)C1. The van der Waals surface area contributed by atoms with E-state index in [4.69, 9.17) is 11.6 Å². The van der Waals surface area contributed by atoms with Crippen molar-refractivity contribution in [2.24, 2.45) is 0 Å². The Morgan fingerprint density at radius 1 is 1.28 bits per heavy atom. The van der Waals surface area contributed by atoms with Crippen molar-refractivity contribution >= 4 is 28.5 Å². The zero-order valence-electron chi connectivity index (χ0n) is 13.9. The van der Waals surface area contributed by atoms with Gasteiger partial charge in [0.2, 0.25) is 0 Å². The van der Waals surface area contributed by atoms with E-state index in [9.17, 15) is 9.90 Å². The monoisotopic (exact) mass is 354 g/mol. The molecule has 3 aromatic rings. The number of carboxylic acids is 1. The van der Waals surface area contributed by atoms with E-state index >= 15 is 0 Å². The van der Waals surface area contributed by atoms with Gasteiger partial charge in [0.1, 0.15) is 0 Å². The van der Waals surface area contributed by atoms with Gasteiger partial charge in [-0.05, 0) is 49.2 Å². The van der Waals surface area contributed by atoms with E-state index in [1.165, 1.54) is 18.2 Å². The van der Waals surface area contributed by atoms with Gasteiger partial charge in [0, 0.05) is 29.2 Å². The van der Waals surface area contributed by atoms with Crippen LogP contribution < -0.4 is 0 Å². The van der Waals surface area contributed by atoms with Gasteiger partial charge in [-0.25, -0.2) is 4.79 Å². The molecule has 128 valence electrons. The van der Waals surface area contributed by atoms with Gasteiger partial charge in [0.15, 0.2) is 0 Å². The number of likely N-dealkylation sites (N-methyl/N-ethyl adjacent to an activating group) is 1. The van der Waals surface area contributed by atoms with Gasteiger partial charge >= 0.3 is 5.97 Å². The molecule has 1 aliphatic heterocycles.